The van der Waals surface area contributed by atoms with Gasteiger partial charge in [0.15, 0.2) is 6.10 Å². The van der Waals surface area contributed by atoms with Gasteiger partial charge in [-0.2, -0.15) is 13.2 Å². The van der Waals surface area contributed by atoms with Gasteiger partial charge in [0.05, 0.1) is 0 Å². The fourth-order valence-corrected chi connectivity index (χ4v) is 1.74. The van der Waals surface area contributed by atoms with Crippen LogP contribution in [0.5, 0.6) is 5.75 Å². The molecular weight excluding hydrogens is 233 g/mol. The summed E-state index contributed by atoms with van der Waals surface area (Å²) in [5.41, 5.74) is 0.488. The summed E-state index contributed by atoms with van der Waals surface area (Å²) in [4.78, 5) is 0. The lowest BCUT2D eigenvalue weighted by Crippen LogP contribution is -2.23. The summed E-state index contributed by atoms with van der Waals surface area (Å²) in [6.07, 6.45) is -6.42. The predicted octanol–water partition coefficient (Wildman–Crippen LogP) is 3.77. The number of aromatic hydroxyl groups is 1. The van der Waals surface area contributed by atoms with Crippen molar-refractivity contribution in [3.8, 4) is 5.75 Å². The molecule has 0 aliphatic heterocycles. The van der Waals surface area contributed by atoms with Crippen LogP contribution in [0, 0.1) is 0 Å². The Balaban J connectivity index is 3.29. The van der Waals surface area contributed by atoms with Gasteiger partial charge < -0.3 is 9.84 Å². The van der Waals surface area contributed by atoms with E-state index in [0.717, 1.165) is 7.11 Å². The average molecular weight is 248 g/mol. The third-order valence-corrected chi connectivity index (χ3v) is 2.51. The van der Waals surface area contributed by atoms with Crippen molar-refractivity contribution in [1.29, 1.82) is 0 Å². The number of phenols is 1. The van der Waals surface area contributed by atoms with Crippen LogP contribution in [0.3, 0.4) is 0 Å². The number of alkyl halides is 3. The highest BCUT2D eigenvalue weighted by Crippen LogP contribution is 2.39. The van der Waals surface area contributed by atoms with Crippen LogP contribution >= 0.6 is 0 Å². The molecule has 0 radical (unpaired) electrons. The first-order valence-corrected chi connectivity index (χ1v) is 5.19. The van der Waals surface area contributed by atoms with Crippen LogP contribution in [0.25, 0.3) is 0 Å². The number of halogens is 3. The monoisotopic (exact) mass is 248 g/mol. The summed E-state index contributed by atoms with van der Waals surface area (Å²) >= 11 is 0. The van der Waals surface area contributed by atoms with Gasteiger partial charge in [0.2, 0.25) is 0 Å². The van der Waals surface area contributed by atoms with E-state index in [9.17, 15) is 18.3 Å². The second-order valence-corrected chi connectivity index (χ2v) is 4.13. The highest BCUT2D eigenvalue weighted by Gasteiger charge is 2.42. The van der Waals surface area contributed by atoms with Gasteiger partial charge in [0.25, 0.3) is 0 Å². The lowest BCUT2D eigenvalue weighted by atomic mass is 9.93. The first-order chi connectivity index (χ1) is 7.77. The van der Waals surface area contributed by atoms with Crippen molar-refractivity contribution < 1.29 is 23.0 Å². The van der Waals surface area contributed by atoms with E-state index in [1.54, 1.807) is 13.8 Å². The van der Waals surface area contributed by atoms with Gasteiger partial charge in [0.1, 0.15) is 5.75 Å². The smallest absolute Gasteiger partial charge is 0.418 e. The summed E-state index contributed by atoms with van der Waals surface area (Å²) < 4.78 is 42.8. The van der Waals surface area contributed by atoms with Gasteiger partial charge in [0, 0.05) is 7.11 Å². The maximum Gasteiger partial charge on any atom is 0.418 e. The second kappa shape index (κ2) is 4.96. The van der Waals surface area contributed by atoms with Gasteiger partial charge >= 0.3 is 6.18 Å². The van der Waals surface area contributed by atoms with E-state index in [1.807, 2.05) is 0 Å². The van der Waals surface area contributed by atoms with Gasteiger partial charge in [-0.15, -0.1) is 0 Å². The van der Waals surface area contributed by atoms with Crippen molar-refractivity contribution in [3.63, 3.8) is 0 Å². The van der Waals surface area contributed by atoms with Crippen molar-refractivity contribution in [1.82, 2.24) is 0 Å². The Morgan fingerprint density at radius 1 is 1.18 bits per heavy atom. The molecular formula is C12H15F3O2. The molecule has 1 aromatic rings. The normalized spacial score (nSPS) is 14.1. The van der Waals surface area contributed by atoms with E-state index in [2.05, 4.69) is 4.74 Å². The Morgan fingerprint density at radius 2 is 1.76 bits per heavy atom. The summed E-state index contributed by atoms with van der Waals surface area (Å²) in [6.45, 7) is 3.53. The van der Waals surface area contributed by atoms with Crippen LogP contribution in [0.15, 0.2) is 18.2 Å². The molecule has 0 amide bonds. The van der Waals surface area contributed by atoms with Crippen LogP contribution in [0.1, 0.15) is 37.0 Å². The van der Waals surface area contributed by atoms with Crippen molar-refractivity contribution in [3.05, 3.63) is 29.3 Å². The summed E-state index contributed by atoms with van der Waals surface area (Å²) in [6, 6.07) is 3.84. The fraction of sp³-hybridized carbons (Fsp3) is 0.500. The van der Waals surface area contributed by atoms with E-state index in [1.165, 1.54) is 18.2 Å². The molecule has 0 aromatic heterocycles. The zero-order valence-corrected chi connectivity index (χ0v) is 9.88. The predicted molar refractivity (Wildman–Crippen MR) is 58.0 cm³/mol. The zero-order chi connectivity index (χ0) is 13.2. The number of methoxy groups -OCH3 is 1. The fourth-order valence-electron chi connectivity index (χ4n) is 1.74. The van der Waals surface area contributed by atoms with E-state index in [4.69, 9.17) is 0 Å². The summed E-state index contributed by atoms with van der Waals surface area (Å²) in [5.74, 6) is -0.174. The lowest BCUT2D eigenvalue weighted by Gasteiger charge is -2.23. The molecule has 1 rings (SSSR count). The minimum atomic E-state index is -4.46. The Bertz CT molecular complexity index is 386. The number of hydrogen-bond donors (Lipinski definition) is 1. The average Bonchev–Trinajstić information content (AvgIpc) is 2.18. The number of rotatable bonds is 3. The van der Waals surface area contributed by atoms with Crippen LogP contribution in [0.2, 0.25) is 0 Å². The van der Waals surface area contributed by atoms with Crippen molar-refractivity contribution in [2.24, 2.45) is 0 Å². The molecule has 1 N–H and O–H groups in total. The van der Waals surface area contributed by atoms with Crippen LogP contribution in [-0.2, 0) is 4.74 Å². The Labute approximate surface area is 98.0 Å². The standard InChI is InChI=1S/C12H15F3O2/c1-7(2)10-6-8(16)4-5-9(10)11(17-3)12(13,14)15/h4-7,11,16H,1-3H3. The minimum Gasteiger partial charge on any atom is -0.508 e. The van der Waals surface area contributed by atoms with Gasteiger partial charge in [-0.3, -0.25) is 0 Å². The van der Waals surface area contributed by atoms with E-state index < -0.39 is 12.3 Å². The molecule has 2 nitrogen and oxygen atoms in total. The Kier molecular flexibility index (Phi) is 4.03. The number of ether oxygens (including phenoxy) is 1. The molecule has 0 aliphatic carbocycles. The highest BCUT2D eigenvalue weighted by atomic mass is 19.4. The number of benzene rings is 1. The topological polar surface area (TPSA) is 29.5 Å². The summed E-state index contributed by atoms with van der Waals surface area (Å²) in [5, 5.41) is 9.32. The minimum absolute atomic E-state index is 0.0468. The van der Waals surface area contributed by atoms with Crippen LogP contribution in [0.4, 0.5) is 13.2 Å². The maximum atomic E-state index is 12.8. The first-order valence-electron chi connectivity index (χ1n) is 5.19. The maximum absolute atomic E-state index is 12.8. The molecule has 17 heavy (non-hydrogen) atoms. The van der Waals surface area contributed by atoms with Gasteiger partial charge in [-0.1, -0.05) is 19.9 Å². The molecule has 96 valence electrons. The molecule has 0 fully saturated rings. The highest BCUT2D eigenvalue weighted by molar-refractivity contribution is 5.38. The molecule has 0 bridgehead atoms. The number of phenolic OH excluding ortho intramolecular Hbond substituents is 1. The molecule has 0 saturated heterocycles. The second-order valence-electron chi connectivity index (χ2n) is 4.13. The Morgan fingerprint density at radius 3 is 2.18 bits per heavy atom. The van der Waals surface area contributed by atoms with Crippen LogP contribution in [-0.4, -0.2) is 18.4 Å². The first kappa shape index (κ1) is 13.8. The SMILES string of the molecule is COC(c1ccc(O)cc1C(C)C)C(F)(F)F. The Hall–Kier alpha value is -1.23. The molecule has 0 aliphatic rings. The lowest BCUT2D eigenvalue weighted by molar-refractivity contribution is -0.216. The molecule has 0 saturated carbocycles. The van der Waals surface area contributed by atoms with E-state index in [-0.39, 0.29) is 17.2 Å². The van der Waals surface area contributed by atoms with Gasteiger partial charge in [-0.05, 0) is 29.2 Å². The quantitative estimate of drug-likeness (QED) is 0.882. The third kappa shape index (κ3) is 3.12. The molecule has 0 spiro atoms. The van der Waals surface area contributed by atoms with Crippen molar-refractivity contribution in [2.45, 2.75) is 32.0 Å². The van der Waals surface area contributed by atoms with Gasteiger partial charge in [-0.25, -0.2) is 0 Å². The third-order valence-electron chi connectivity index (χ3n) is 2.51. The van der Waals surface area contributed by atoms with Crippen molar-refractivity contribution >= 4 is 0 Å². The number of hydrogen-bond acceptors (Lipinski definition) is 2. The molecule has 0 heterocycles. The molecule has 1 atom stereocenters. The molecule has 1 unspecified atom stereocenters. The van der Waals surface area contributed by atoms with E-state index >= 15 is 0 Å². The zero-order valence-electron chi connectivity index (χ0n) is 9.88. The summed E-state index contributed by atoms with van der Waals surface area (Å²) in [7, 11) is 1.02. The molecule has 5 heteroatoms. The largest absolute Gasteiger partial charge is 0.508 e. The van der Waals surface area contributed by atoms with Crippen molar-refractivity contribution in [2.75, 3.05) is 7.11 Å². The van der Waals surface area contributed by atoms with E-state index in [0.29, 0.717) is 5.56 Å². The molecule has 1 aromatic carbocycles. The van der Waals surface area contributed by atoms with Crippen LogP contribution < -0.4 is 0 Å².